The molecule has 4 aromatic rings. The number of nitrogen functional groups attached to an aromatic ring is 1. The first kappa shape index (κ1) is 21.0. The van der Waals surface area contributed by atoms with E-state index in [4.69, 9.17) is 15.3 Å². The Hall–Kier alpha value is -3.83. The minimum atomic E-state index is -1.14. The number of hydrogen-bond acceptors (Lipinski definition) is 9. The number of aliphatic hydroxyl groups excluding tert-OH is 1. The molecule has 10 heteroatoms. The number of benzene rings is 2. The molecule has 10 nitrogen and oxygen atoms in total. The summed E-state index contributed by atoms with van der Waals surface area (Å²) >= 11 is 0. The molecule has 0 bridgehead atoms. The van der Waals surface area contributed by atoms with Crippen molar-refractivity contribution in [2.24, 2.45) is 0 Å². The Balaban J connectivity index is 1.64. The maximum Gasteiger partial charge on any atom is 0.267 e. The maximum absolute atomic E-state index is 13.3. The van der Waals surface area contributed by atoms with Gasteiger partial charge in [-0.2, -0.15) is 5.06 Å². The maximum atomic E-state index is 13.3. The fourth-order valence-corrected chi connectivity index (χ4v) is 3.98. The highest BCUT2D eigenvalue weighted by Crippen LogP contribution is 2.33. The predicted molar refractivity (Wildman–Crippen MR) is 122 cm³/mol. The summed E-state index contributed by atoms with van der Waals surface area (Å²) in [5.74, 6) is 0.510. The summed E-state index contributed by atoms with van der Waals surface area (Å²) < 4.78 is 6.80. The van der Waals surface area contributed by atoms with E-state index in [0.29, 0.717) is 28.0 Å². The van der Waals surface area contributed by atoms with Crippen molar-refractivity contribution in [2.45, 2.75) is 12.6 Å². The lowest BCUT2D eigenvalue weighted by Crippen LogP contribution is -2.27. The summed E-state index contributed by atoms with van der Waals surface area (Å²) in [7, 11) is 3.22. The number of anilines is 1. The molecule has 3 heterocycles. The molecule has 0 saturated carbocycles. The van der Waals surface area contributed by atoms with Gasteiger partial charge in [0.2, 0.25) is 18.2 Å². The highest BCUT2D eigenvalue weighted by Gasteiger charge is 2.32. The van der Waals surface area contributed by atoms with E-state index in [1.807, 2.05) is 30.3 Å². The smallest absolute Gasteiger partial charge is 0.267 e. The summed E-state index contributed by atoms with van der Waals surface area (Å²) in [6, 6.07) is 16.4. The number of aliphatic hydroxyl groups is 1. The van der Waals surface area contributed by atoms with Crippen molar-refractivity contribution in [3.8, 4) is 22.7 Å². The van der Waals surface area contributed by atoms with E-state index in [0.717, 1.165) is 11.1 Å². The number of fused-ring (bicyclic) bond motifs is 1. The number of hydrogen-bond donors (Lipinski definition) is 3. The number of pyridine rings is 1. The van der Waals surface area contributed by atoms with Gasteiger partial charge in [0.25, 0.3) is 5.56 Å². The second kappa shape index (κ2) is 8.26. The van der Waals surface area contributed by atoms with E-state index in [9.17, 15) is 9.90 Å². The molecule has 0 spiro atoms. The van der Waals surface area contributed by atoms with E-state index < -0.39 is 12.6 Å². The van der Waals surface area contributed by atoms with Gasteiger partial charge < -0.3 is 15.6 Å². The van der Waals surface area contributed by atoms with Gasteiger partial charge in [-0.15, -0.1) is 0 Å². The largest absolute Gasteiger partial charge is 0.481 e. The molecule has 4 N–H and O–H groups in total. The SMILES string of the molecule is COc1ncc(-c2ccc3nc(N)n(-c4ccccc4)c(=O)c3c2)cc1C1NC(O)ON1C. The molecule has 33 heavy (non-hydrogen) atoms. The number of methoxy groups -OCH3 is 1. The number of nitrogens with zero attached hydrogens (tertiary/aromatic N) is 4. The lowest BCUT2D eigenvalue weighted by atomic mass is 10.0. The van der Waals surface area contributed by atoms with E-state index in [1.165, 1.54) is 16.7 Å². The number of aromatic nitrogens is 3. The number of nitrogens with one attached hydrogen (secondary N) is 1. The normalized spacial score (nSPS) is 18.6. The third-order valence-corrected chi connectivity index (χ3v) is 5.54. The Kier molecular flexibility index (Phi) is 5.27. The Bertz CT molecular complexity index is 1390. The number of ether oxygens (including phenoxy) is 1. The molecule has 2 atom stereocenters. The summed E-state index contributed by atoms with van der Waals surface area (Å²) in [5.41, 5.74) is 9.18. The van der Waals surface area contributed by atoms with Crippen LogP contribution in [0, 0.1) is 0 Å². The molecule has 2 aromatic heterocycles. The molecule has 2 unspecified atom stereocenters. The molecule has 0 radical (unpaired) electrons. The van der Waals surface area contributed by atoms with Crippen LogP contribution in [0.3, 0.4) is 0 Å². The third kappa shape index (κ3) is 3.70. The summed E-state index contributed by atoms with van der Waals surface area (Å²) in [5, 5.41) is 14.6. The molecular formula is C23H22N6O4. The first-order chi connectivity index (χ1) is 16.0. The van der Waals surface area contributed by atoms with Gasteiger partial charge in [0.15, 0.2) is 0 Å². The predicted octanol–water partition coefficient (Wildman–Crippen LogP) is 1.78. The van der Waals surface area contributed by atoms with Crippen molar-refractivity contribution in [3.63, 3.8) is 0 Å². The number of nitrogens with two attached hydrogens (primary N) is 1. The van der Waals surface area contributed by atoms with Gasteiger partial charge in [0.05, 0.1) is 23.7 Å². The molecule has 168 valence electrons. The molecule has 0 aliphatic carbocycles. The van der Waals surface area contributed by atoms with Crippen LogP contribution in [0.1, 0.15) is 11.7 Å². The summed E-state index contributed by atoms with van der Waals surface area (Å²) in [4.78, 5) is 27.4. The van der Waals surface area contributed by atoms with Crippen LogP contribution in [0.5, 0.6) is 5.88 Å². The lowest BCUT2D eigenvalue weighted by Gasteiger charge is -2.19. The average molecular weight is 446 g/mol. The van der Waals surface area contributed by atoms with E-state index in [-0.39, 0.29) is 11.5 Å². The Labute approximate surface area is 188 Å². The Morgan fingerprint density at radius 2 is 1.94 bits per heavy atom. The van der Waals surface area contributed by atoms with E-state index >= 15 is 0 Å². The molecule has 1 saturated heterocycles. The van der Waals surface area contributed by atoms with E-state index in [1.54, 1.807) is 37.5 Å². The van der Waals surface area contributed by atoms with Crippen LogP contribution in [-0.4, -0.2) is 45.3 Å². The fourth-order valence-electron chi connectivity index (χ4n) is 3.98. The topological polar surface area (TPSA) is 128 Å². The molecule has 1 aliphatic heterocycles. The van der Waals surface area contributed by atoms with Crippen LogP contribution in [-0.2, 0) is 4.84 Å². The first-order valence-corrected chi connectivity index (χ1v) is 10.2. The number of para-hydroxylation sites is 1. The molecular weight excluding hydrogens is 424 g/mol. The van der Waals surface area contributed by atoms with Crippen molar-refractivity contribution in [1.29, 1.82) is 0 Å². The van der Waals surface area contributed by atoms with Crippen molar-refractivity contribution >= 4 is 16.9 Å². The van der Waals surface area contributed by atoms with Crippen LogP contribution >= 0.6 is 0 Å². The standard InChI is InChI=1S/C23H22N6O4/c1-28-19(27-23(31)33-28)17-11-14(12-25-20(17)32-2)13-8-9-18-16(10-13)21(30)29(22(24)26-18)15-6-4-3-5-7-15/h3-12,19,23,27,31H,1-2H3,(H2,24,26). The minimum Gasteiger partial charge on any atom is -0.481 e. The zero-order valence-electron chi connectivity index (χ0n) is 18.0. The van der Waals surface area contributed by atoms with Gasteiger partial charge in [-0.1, -0.05) is 24.3 Å². The second-order valence-electron chi connectivity index (χ2n) is 7.57. The minimum absolute atomic E-state index is 0.119. The zero-order valence-corrected chi connectivity index (χ0v) is 18.0. The van der Waals surface area contributed by atoms with Gasteiger partial charge in [-0.3, -0.25) is 9.63 Å². The second-order valence-corrected chi connectivity index (χ2v) is 7.57. The third-order valence-electron chi connectivity index (χ3n) is 5.54. The average Bonchev–Trinajstić information content (AvgIpc) is 3.17. The number of rotatable bonds is 4. The zero-order chi connectivity index (χ0) is 23.1. The van der Waals surface area contributed by atoms with Crippen LogP contribution in [0.25, 0.3) is 27.7 Å². The molecule has 0 amide bonds. The van der Waals surface area contributed by atoms with Gasteiger partial charge in [-0.05, 0) is 35.9 Å². The number of hydroxylamine groups is 2. The lowest BCUT2D eigenvalue weighted by molar-refractivity contribution is -0.211. The Morgan fingerprint density at radius 1 is 1.15 bits per heavy atom. The van der Waals surface area contributed by atoms with Crippen molar-refractivity contribution in [2.75, 3.05) is 19.9 Å². The van der Waals surface area contributed by atoms with Crippen molar-refractivity contribution in [1.82, 2.24) is 24.9 Å². The fraction of sp³-hybridized carbons (Fsp3) is 0.174. The van der Waals surface area contributed by atoms with Crippen LogP contribution < -0.4 is 21.3 Å². The van der Waals surface area contributed by atoms with Gasteiger partial charge in [-0.25, -0.2) is 19.9 Å². The van der Waals surface area contributed by atoms with Crippen LogP contribution in [0.4, 0.5) is 5.95 Å². The highest BCUT2D eigenvalue weighted by molar-refractivity contribution is 5.85. The summed E-state index contributed by atoms with van der Waals surface area (Å²) in [6.07, 6.45) is 0.0533. The summed E-state index contributed by atoms with van der Waals surface area (Å²) in [6.45, 7) is 0. The van der Waals surface area contributed by atoms with Gasteiger partial charge >= 0.3 is 0 Å². The first-order valence-electron chi connectivity index (χ1n) is 10.2. The van der Waals surface area contributed by atoms with Crippen LogP contribution in [0.2, 0.25) is 0 Å². The van der Waals surface area contributed by atoms with Crippen molar-refractivity contribution < 1.29 is 14.7 Å². The monoisotopic (exact) mass is 446 g/mol. The molecule has 5 rings (SSSR count). The van der Waals surface area contributed by atoms with Gasteiger partial charge in [0.1, 0.15) is 6.17 Å². The molecule has 1 fully saturated rings. The van der Waals surface area contributed by atoms with Gasteiger partial charge in [0, 0.05) is 24.4 Å². The van der Waals surface area contributed by atoms with E-state index in [2.05, 4.69) is 15.3 Å². The van der Waals surface area contributed by atoms with Crippen LogP contribution in [0.15, 0.2) is 65.6 Å². The molecule has 2 aromatic carbocycles. The van der Waals surface area contributed by atoms with Crippen molar-refractivity contribution in [3.05, 3.63) is 76.7 Å². The molecule has 1 aliphatic rings. The highest BCUT2D eigenvalue weighted by atomic mass is 16.8. The quantitative estimate of drug-likeness (QED) is 0.430. The Morgan fingerprint density at radius 3 is 2.64 bits per heavy atom.